The van der Waals surface area contributed by atoms with Crippen molar-refractivity contribution in [2.75, 3.05) is 19.7 Å². The molecule has 4 nitrogen and oxygen atoms in total. The lowest BCUT2D eigenvalue weighted by Crippen LogP contribution is -2.43. The van der Waals surface area contributed by atoms with Crippen LogP contribution in [0, 0.1) is 11.8 Å². The van der Waals surface area contributed by atoms with Gasteiger partial charge in [0.05, 0.1) is 0 Å². The molecule has 0 aromatic rings. The minimum atomic E-state index is 0.201. The minimum Gasteiger partial charge on any atom is -0.396 e. The van der Waals surface area contributed by atoms with Crippen molar-refractivity contribution in [2.45, 2.75) is 51.0 Å². The maximum Gasteiger partial charge on any atom is 0.222 e. The number of hydrogen-bond donors (Lipinski definition) is 2. The van der Waals surface area contributed by atoms with Gasteiger partial charge in [-0.2, -0.15) is 0 Å². The number of likely N-dealkylation sites (tertiary alicyclic amines) is 1. The van der Waals surface area contributed by atoms with Crippen LogP contribution in [0.2, 0.25) is 0 Å². The van der Waals surface area contributed by atoms with Crippen molar-refractivity contribution in [1.29, 1.82) is 0 Å². The molecule has 104 valence electrons. The fraction of sp³-hybridized carbons (Fsp3) is 0.929. The number of nitrogens with two attached hydrogens (primary N) is 1. The molecule has 1 aliphatic heterocycles. The number of rotatable bonds is 3. The first-order chi connectivity index (χ1) is 8.70. The van der Waals surface area contributed by atoms with E-state index >= 15 is 0 Å². The van der Waals surface area contributed by atoms with Gasteiger partial charge in [0.25, 0.3) is 0 Å². The average Bonchev–Trinajstić information content (AvgIpc) is 2.41. The lowest BCUT2D eigenvalue weighted by Gasteiger charge is -2.34. The first-order valence-electron chi connectivity index (χ1n) is 7.35. The van der Waals surface area contributed by atoms with E-state index in [2.05, 4.69) is 0 Å². The van der Waals surface area contributed by atoms with Crippen molar-refractivity contribution >= 4 is 5.91 Å². The minimum absolute atomic E-state index is 0.201. The molecule has 1 amide bonds. The summed E-state index contributed by atoms with van der Waals surface area (Å²) < 4.78 is 0. The van der Waals surface area contributed by atoms with Crippen LogP contribution in [0.5, 0.6) is 0 Å². The van der Waals surface area contributed by atoms with E-state index in [0.717, 1.165) is 38.8 Å². The molecule has 2 fully saturated rings. The van der Waals surface area contributed by atoms with E-state index in [1.165, 1.54) is 12.8 Å². The number of nitrogens with zero attached hydrogens (tertiary/aromatic N) is 1. The van der Waals surface area contributed by atoms with Crippen molar-refractivity contribution in [3.63, 3.8) is 0 Å². The van der Waals surface area contributed by atoms with Crippen LogP contribution in [0.25, 0.3) is 0 Å². The molecular formula is C14H26N2O2. The van der Waals surface area contributed by atoms with E-state index in [-0.39, 0.29) is 24.5 Å². The van der Waals surface area contributed by atoms with Crippen molar-refractivity contribution in [2.24, 2.45) is 17.6 Å². The second kappa shape index (κ2) is 6.53. The van der Waals surface area contributed by atoms with Crippen LogP contribution in [0.1, 0.15) is 44.9 Å². The average molecular weight is 254 g/mol. The third-order valence-corrected chi connectivity index (χ3v) is 4.53. The number of hydrogen-bond acceptors (Lipinski definition) is 3. The number of aliphatic hydroxyl groups is 1. The standard InChI is InChI=1S/C14H26N2O2/c15-13-6-2-1-5-12(13)8-14(18)16-7-3-4-11(9-16)10-17/h11-13,17H,1-10,15H2. The Morgan fingerprint density at radius 3 is 2.72 bits per heavy atom. The normalized spacial score (nSPS) is 33.4. The number of carbonyl (C=O) groups is 1. The van der Waals surface area contributed by atoms with Gasteiger partial charge in [0.1, 0.15) is 0 Å². The van der Waals surface area contributed by atoms with Crippen molar-refractivity contribution in [3.05, 3.63) is 0 Å². The molecule has 1 saturated carbocycles. The molecule has 3 unspecified atom stereocenters. The van der Waals surface area contributed by atoms with Gasteiger partial charge < -0.3 is 15.7 Å². The fourth-order valence-electron chi connectivity index (χ4n) is 3.28. The van der Waals surface area contributed by atoms with Crippen molar-refractivity contribution in [1.82, 2.24) is 4.90 Å². The Bertz CT molecular complexity index is 283. The van der Waals surface area contributed by atoms with E-state index in [0.29, 0.717) is 12.3 Å². The number of carbonyl (C=O) groups excluding carboxylic acids is 1. The van der Waals surface area contributed by atoms with Crippen LogP contribution in [0.15, 0.2) is 0 Å². The summed E-state index contributed by atoms with van der Waals surface area (Å²) >= 11 is 0. The van der Waals surface area contributed by atoms with Gasteiger partial charge in [-0.05, 0) is 37.5 Å². The van der Waals surface area contributed by atoms with Crippen LogP contribution >= 0.6 is 0 Å². The van der Waals surface area contributed by atoms with Crippen molar-refractivity contribution < 1.29 is 9.90 Å². The Labute approximate surface area is 110 Å². The van der Waals surface area contributed by atoms with E-state index in [1.54, 1.807) is 0 Å². The molecule has 1 heterocycles. The predicted octanol–water partition coefficient (Wildman–Crippen LogP) is 1.12. The van der Waals surface area contributed by atoms with Gasteiger partial charge in [-0.25, -0.2) is 0 Å². The highest BCUT2D eigenvalue weighted by atomic mass is 16.3. The molecule has 2 rings (SSSR count). The number of amides is 1. The molecule has 0 radical (unpaired) electrons. The second-order valence-corrected chi connectivity index (χ2v) is 5.94. The van der Waals surface area contributed by atoms with E-state index in [4.69, 9.17) is 5.73 Å². The van der Waals surface area contributed by atoms with Crippen LogP contribution < -0.4 is 5.73 Å². The lowest BCUT2D eigenvalue weighted by molar-refractivity contribution is -0.134. The number of piperidine rings is 1. The summed E-state index contributed by atoms with van der Waals surface area (Å²) in [6.45, 7) is 1.79. The molecule has 0 bridgehead atoms. The second-order valence-electron chi connectivity index (χ2n) is 5.94. The van der Waals surface area contributed by atoms with Gasteiger partial charge in [0.15, 0.2) is 0 Å². The third kappa shape index (κ3) is 3.45. The topological polar surface area (TPSA) is 66.6 Å². The monoisotopic (exact) mass is 254 g/mol. The molecule has 2 aliphatic rings. The molecule has 1 aliphatic carbocycles. The quantitative estimate of drug-likeness (QED) is 0.793. The summed E-state index contributed by atoms with van der Waals surface area (Å²) in [6.07, 6.45) is 7.27. The molecule has 0 spiro atoms. The van der Waals surface area contributed by atoms with Crippen LogP contribution in [-0.2, 0) is 4.79 Å². The molecular weight excluding hydrogens is 228 g/mol. The Hall–Kier alpha value is -0.610. The van der Waals surface area contributed by atoms with E-state index in [9.17, 15) is 9.90 Å². The molecule has 3 N–H and O–H groups in total. The summed E-state index contributed by atoms with van der Waals surface area (Å²) in [5, 5.41) is 9.20. The zero-order valence-electron chi connectivity index (χ0n) is 11.2. The van der Waals surface area contributed by atoms with Gasteiger partial charge in [-0.15, -0.1) is 0 Å². The number of aliphatic hydroxyl groups excluding tert-OH is 1. The summed E-state index contributed by atoms with van der Waals surface area (Å²) in [7, 11) is 0. The molecule has 0 aromatic heterocycles. The van der Waals surface area contributed by atoms with Crippen LogP contribution in [-0.4, -0.2) is 41.7 Å². The van der Waals surface area contributed by atoms with Gasteiger partial charge in [-0.1, -0.05) is 12.8 Å². The van der Waals surface area contributed by atoms with Gasteiger partial charge in [0.2, 0.25) is 5.91 Å². The summed E-state index contributed by atoms with van der Waals surface area (Å²) in [6, 6.07) is 0.209. The zero-order chi connectivity index (χ0) is 13.0. The molecule has 18 heavy (non-hydrogen) atoms. The Kier molecular flexibility index (Phi) is 5.01. The SMILES string of the molecule is NC1CCCCC1CC(=O)N1CCCC(CO)C1. The maximum absolute atomic E-state index is 12.3. The van der Waals surface area contributed by atoms with Crippen LogP contribution in [0.4, 0.5) is 0 Å². The van der Waals surface area contributed by atoms with Crippen molar-refractivity contribution in [3.8, 4) is 0 Å². The predicted molar refractivity (Wildman–Crippen MR) is 70.9 cm³/mol. The fourth-order valence-corrected chi connectivity index (χ4v) is 3.28. The Balaban J connectivity index is 1.83. The largest absolute Gasteiger partial charge is 0.396 e. The maximum atomic E-state index is 12.3. The van der Waals surface area contributed by atoms with Gasteiger partial charge in [0, 0.05) is 32.2 Å². The highest BCUT2D eigenvalue weighted by molar-refractivity contribution is 5.76. The Morgan fingerprint density at radius 2 is 2.00 bits per heavy atom. The van der Waals surface area contributed by atoms with Crippen LogP contribution in [0.3, 0.4) is 0 Å². The highest BCUT2D eigenvalue weighted by Crippen LogP contribution is 2.27. The van der Waals surface area contributed by atoms with Gasteiger partial charge >= 0.3 is 0 Å². The van der Waals surface area contributed by atoms with E-state index in [1.807, 2.05) is 4.90 Å². The molecule has 3 atom stereocenters. The summed E-state index contributed by atoms with van der Waals surface area (Å²) in [5.41, 5.74) is 6.10. The van der Waals surface area contributed by atoms with Gasteiger partial charge in [-0.3, -0.25) is 4.79 Å². The lowest BCUT2D eigenvalue weighted by atomic mass is 9.82. The van der Waals surface area contributed by atoms with E-state index < -0.39 is 0 Å². The third-order valence-electron chi connectivity index (χ3n) is 4.53. The smallest absolute Gasteiger partial charge is 0.222 e. The summed E-state index contributed by atoms with van der Waals surface area (Å²) in [5.74, 6) is 0.902. The first kappa shape index (κ1) is 13.8. The molecule has 0 aromatic carbocycles. The summed E-state index contributed by atoms with van der Waals surface area (Å²) in [4.78, 5) is 14.2. The highest BCUT2D eigenvalue weighted by Gasteiger charge is 2.28. The molecule has 4 heteroatoms. The Morgan fingerprint density at radius 1 is 1.22 bits per heavy atom. The zero-order valence-corrected chi connectivity index (χ0v) is 11.2. The molecule has 1 saturated heterocycles. The first-order valence-corrected chi connectivity index (χ1v) is 7.35.